The minimum atomic E-state index is -2.24. The summed E-state index contributed by atoms with van der Waals surface area (Å²) in [4.78, 5) is 29.3. The van der Waals surface area contributed by atoms with Crippen LogP contribution in [0.25, 0.3) is 0 Å². The van der Waals surface area contributed by atoms with E-state index in [2.05, 4.69) is 37.5 Å². The number of amides is 2. The fraction of sp³-hybridized carbons (Fsp3) is 0.316. The third kappa shape index (κ3) is 5.73. The molecular formula is C38H42N2O6Si. The van der Waals surface area contributed by atoms with Gasteiger partial charge in [-0.1, -0.05) is 67.7 Å². The van der Waals surface area contributed by atoms with E-state index in [9.17, 15) is 14.7 Å². The van der Waals surface area contributed by atoms with Crippen molar-refractivity contribution in [2.75, 3.05) is 31.0 Å². The number of rotatable bonds is 10. The van der Waals surface area contributed by atoms with Gasteiger partial charge in [-0.05, 0) is 72.1 Å². The van der Waals surface area contributed by atoms with E-state index in [0.29, 0.717) is 30.0 Å². The summed E-state index contributed by atoms with van der Waals surface area (Å²) in [7, 11) is 1.01. The van der Waals surface area contributed by atoms with Gasteiger partial charge in [0.25, 0.3) is 11.8 Å². The van der Waals surface area contributed by atoms with Crippen LogP contribution >= 0.6 is 0 Å². The van der Waals surface area contributed by atoms with Gasteiger partial charge in [-0.2, -0.15) is 0 Å². The van der Waals surface area contributed by atoms with Gasteiger partial charge in [0.2, 0.25) is 0 Å². The lowest BCUT2D eigenvalue weighted by Gasteiger charge is -2.37. The molecule has 2 aliphatic rings. The molecule has 0 saturated carbocycles. The standard InChI is InChI=1S/C38H42N2O6Si/c1-25-35(47(4,5)31-20-18-30(45-3)19-21-31)34(22-23-41)46-38(25)32-8-6-7-9-33(32)40(37(38)43)24-26-10-14-28(15-11-26)39-36(42)27-12-16-29(44-2)17-13-27/h6-21,25,34-35,41H,22-24H2,1-5H3,(H,39,42)/t25-,34+,35-,38+/m1/s1. The molecule has 6 rings (SSSR count). The van der Waals surface area contributed by atoms with Crippen molar-refractivity contribution in [2.24, 2.45) is 5.92 Å². The third-order valence-corrected chi connectivity index (χ3v) is 14.4. The van der Waals surface area contributed by atoms with E-state index in [1.54, 1.807) is 38.5 Å². The van der Waals surface area contributed by atoms with E-state index >= 15 is 0 Å². The van der Waals surface area contributed by atoms with Crippen molar-refractivity contribution in [1.29, 1.82) is 0 Å². The molecule has 1 saturated heterocycles. The Morgan fingerprint density at radius 3 is 2.15 bits per heavy atom. The molecule has 1 spiro atoms. The summed E-state index contributed by atoms with van der Waals surface area (Å²) in [5, 5.41) is 14.3. The quantitative estimate of drug-likeness (QED) is 0.201. The highest BCUT2D eigenvalue weighted by Crippen LogP contribution is 2.60. The SMILES string of the molecule is COc1ccc(C(=O)Nc2ccc(CN3C(=O)[C@@]4(O[C@@H](CCO)[C@H]([Si](C)(C)c5ccc(OC)cc5)[C@H]4C)c4ccccc43)cc2)cc1. The van der Waals surface area contributed by atoms with Crippen LogP contribution < -0.4 is 24.9 Å². The first-order valence-corrected chi connectivity index (χ1v) is 19.1. The fourth-order valence-electron chi connectivity index (χ4n) is 7.64. The second-order valence-electron chi connectivity index (χ2n) is 13.0. The van der Waals surface area contributed by atoms with Gasteiger partial charge in [0, 0.05) is 29.3 Å². The summed E-state index contributed by atoms with van der Waals surface area (Å²) in [5.74, 6) is 1.07. The van der Waals surface area contributed by atoms with Gasteiger partial charge in [-0.25, -0.2) is 0 Å². The van der Waals surface area contributed by atoms with Gasteiger partial charge in [-0.15, -0.1) is 0 Å². The Balaban J connectivity index is 1.26. The molecule has 0 aromatic heterocycles. The Kier molecular flexibility index (Phi) is 8.98. The number of hydrogen-bond donors (Lipinski definition) is 2. The lowest BCUT2D eigenvalue weighted by Crippen LogP contribution is -2.51. The molecule has 0 aliphatic carbocycles. The molecule has 2 heterocycles. The van der Waals surface area contributed by atoms with E-state index in [-0.39, 0.29) is 36.0 Å². The van der Waals surface area contributed by atoms with E-state index < -0.39 is 13.7 Å². The number of carbonyl (C=O) groups excluding carboxylic acids is 2. The highest BCUT2D eigenvalue weighted by Gasteiger charge is 2.66. The number of ether oxygens (including phenoxy) is 3. The lowest BCUT2D eigenvalue weighted by atomic mass is 9.82. The molecule has 4 aromatic rings. The van der Waals surface area contributed by atoms with Crippen molar-refractivity contribution in [1.82, 2.24) is 0 Å². The Morgan fingerprint density at radius 1 is 0.915 bits per heavy atom. The van der Waals surface area contributed by atoms with E-state index in [0.717, 1.165) is 22.6 Å². The van der Waals surface area contributed by atoms with Crippen LogP contribution in [0.5, 0.6) is 11.5 Å². The molecule has 2 aliphatic heterocycles. The number of carbonyl (C=O) groups is 2. The lowest BCUT2D eigenvalue weighted by molar-refractivity contribution is -0.146. The van der Waals surface area contributed by atoms with Crippen molar-refractivity contribution in [3.63, 3.8) is 0 Å². The van der Waals surface area contributed by atoms with E-state index in [1.165, 1.54) is 5.19 Å². The number of nitrogens with zero attached hydrogens (tertiary/aromatic N) is 1. The highest BCUT2D eigenvalue weighted by atomic mass is 28.3. The maximum absolute atomic E-state index is 14.7. The summed E-state index contributed by atoms with van der Waals surface area (Å²) in [6.45, 7) is 7.16. The number of aliphatic hydroxyl groups is 1. The van der Waals surface area contributed by atoms with Crippen molar-refractivity contribution >= 4 is 36.4 Å². The molecule has 2 N–H and O–H groups in total. The number of nitrogens with one attached hydrogen (secondary N) is 1. The van der Waals surface area contributed by atoms with Crippen LogP contribution in [0, 0.1) is 5.92 Å². The topological polar surface area (TPSA) is 97.3 Å². The molecule has 0 bridgehead atoms. The van der Waals surface area contributed by atoms with Crippen molar-refractivity contribution < 1.29 is 28.9 Å². The predicted octanol–water partition coefficient (Wildman–Crippen LogP) is 6.10. The van der Waals surface area contributed by atoms with Gasteiger partial charge in [-0.3, -0.25) is 9.59 Å². The maximum atomic E-state index is 14.7. The number of aliphatic hydroxyl groups excluding tert-OH is 1. The molecule has 4 atom stereocenters. The number of fused-ring (bicyclic) bond motifs is 2. The van der Waals surface area contributed by atoms with Crippen LogP contribution in [0.4, 0.5) is 11.4 Å². The van der Waals surface area contributed by atoms with Gasteiger partial charge >= 0.3 is 0 Å². The van der Waals surface area contributed by atoms with Crippen LogP contribution in [0.15, 0.2) is 97.1 Å². The predicted molar refractivity (Wildman–Crippen MR) is 186 cm³/mol. The van der Waals surface area contributed by atoms with Gasteiger partial charge in [0.1, 0.15) is 11.5 Å². The van der Waals surface area contributed by atoms with Gasteiger partial charge in [0.15, 0.2) is 5.60 Å². The summed E-state index contributed by atoms with van der Waals surface area (Å²) >= 11 is 0. The molecule has 1 fully saturated rings. The van der Waals surface area contributed by atoms with Crippen LogP contribution in [-0.2, 0) is 21.7 Å². The van der Waals surface area contributed by atoms with Gasteiger partial charge in [0.05, 0.1) is 40.6 Å². The van der Waals surface area contributed by atoms with Crippen LogP contribution in [0.2, 0.25) is 18.6 Å². The molecule has 0 radical (unpaired) electrons. The molecule has 2 amide bonds. The Hall–Kier alpha value is -4.44. The molecule has 4 aromatic carbocycles. The normalized spacial score (nSPS) is 22.0. The molecule has 244 valence electrons. The second-order valence-corrected chi connectivity index (χ2v) is 17.6. The molecule has 0 unspecified atom stereocenters. The van der Waals surface area contributed by atoms with E-state index in [4.69, 9.17) is 14.2 Å². The average Bonchev–Trinajstić information content (AvgIpc) is 3.52. The van der Waals surface area contributed by atoms with Crippen molar-refractivity contribution in [3.8, 4) is 11.5 Å². The number of anilines is 2. The summed E-state index contributed by atoms with van der Waals surface area (Å²) in [6, 6.07) is 30.7. The minimum absolute atomic E-state index is 0.0159. The number of methoxy groups -OCH3 is 2. The van der Waals surface area contributed by atoms with Crippen LogP contribution in [0.3, 0.4) is 0 Å². The number of para-hydroxylation sites is 1. The zero-order chi connectivity index (χ0) is 33.3. The van der Waals surface area contributed by atoms with Crippen LogP contribution in [0.1, 0.15) is 34.8 Å². The molecule has 9 heteroatoms. The van der Waals surface area contributed by atoms with Crippen molar-refractivity contribution in [3.05, 3.63) is 114 Å². The highest BCUT2D eigenvalue weighted by molar-refractivity contribution is 6.91. The first-order chi connectivity index (χ1) is 22.6. The largest absolute Gasteiger partial charge is 0.497 e. The van der Waals surface area contributed by atoms with Crippen molar-refractivity contribution in [2.45, 2.75) is 50.2 Å². The molecule has 8 nitrogen and oxygen atoms in total. The summed E-state index contributed by atoms with van der Waals surface area (Å²) < 4.78 is 17.6. The molecule has 47 heavy (non-hydrogen) atoms. The number of benzene rings is 4. The van der Waals surface area contributed by atoms with E-state index in [1.807, 2.05) is 65.6 Å². The van der Waals surface area contributed by atoms with Gasteiger partial charge < -0.3 is 29.5 Å². The maximum Gasteiger partial charge on any atom is 0.264 e. The fourth-order valence-corrected chi connectivity index (χ4v) is 11.7. The zero-order valence-electron chi connectivity index (χ0n) is 27.5. The summed E-state index contributed by atoms with van der Waals surface area (Å²) in [6.07, 6.45) is 0.187. The first kappa shape index (κ1) is 32.5. The minimum Gasteiger partial charge on any atom is -0.497 e. The molecular weight excluding hydrogens is 609 g/mol. The third-order valence-electron chi connectivity index (χ3n) is 10.1. The Morgan fingerprint density at radius 2 is 1.53 bits per heavy atom. The average molecular weight is 651 g/mol. The number of hydrogen-bond acceptors (Lipinski definition) is 6. The first-order valence-electron chi connectivity index (χ1n) is 16.0. The second kappa shape index (κ2) is 13.0. The Bertz CT molecular complexity index is 1740. The zero-order valence-corrected chi connectivity index (χ0v) is 28.5. The monoisotopic (exact) mass is 650 g/mol. The summed E-state index contributed by atoms with van der Waals surface area (Å²) in [5.41, 5.74) is 2.76. The van der Waals surface area contributed by atoms with Crippen LogP contribution in [-0.4, -0.2) is 51.9 Å². The Labute approximate surface area is 277 Å². The smallest absolute Gasteiger partial charge is 0.264 e.